The van der Waals surface area contributed by atoms with Crippen molar-refractivity contribution in [2.75, 3.05) is 0 Å². The lowest BCUT2D eigenvalue weighted by Crippen LogP contribution is -2.29. The Kier molecular flexibility index (Phi) is 4.74. The summed E-state index contributed by atoms with van der Waals surface area (Å²) in [4.78, 5) is 11.2. The van der Waals surface area contributed by atoms with E-state index in [0.717, 1.165) is 19.1 Å². The third kappa shape index (κ3) is 3.88. The van der Waals surface area contributed by atoms with Gasteiger partial charge in [0, 0.05) is 0 Å². The molecule has 0 unspecified atom stereocenters. The third-order valence-electron chi connectivity index (χ3n) is 2.86. The smallest absolute Gasteiger partial charge is 0.281 e. The summed E-state index contributed by atoms with van der Waals surface area (Å²) < 4.78 is 74.9. The van der Waals surface area contributed by atoms with Crippen LogP contribution < -0.4 is 0 Å². The van der Waals surface area contributed by atoms with Gasteiger partial charge in [-0.2, -0.15) is 26.3 Å². The van der Waals surface area contributed by atoms with Gasteiger partial charge in [-0.05, 0) is 29.3 Å². The topological polar surface area (TPSA) is 17.1 Å². The molecule has 0 spiro atoms. The lowest BCUT2D eigenvalue weighted by molar-refractivity contribution is -0.177. The van der Waals surface area contributed by atoms with Crippen LogP contribution in [0.1, 0.15) is 24.0 Å². The van der Waals surface area contributed by atoms with E-state index in [1.807, 2.05) is 0 Å². The number of carbonyl (C=O) groups is 1. The van der Waals surface area contributed by atoms with Gasteiger partial charge in [-0.3, -0.25) is 4.79 Å². The van der Waals surface area contributed by atoms with E-state index in [1.54, 1.807) is 0 Å². The molecule has 0 aromatic heterocycles. The summed E-state index contributed by atoms with van der Waals surface area (Å²) in [6.45, 7) is 0.753. The highest BCUT2D eigenvalue weighted by Gasteiger charge is 2.44. The molecule has 0 aliphatic rings. The first-order valence-corrected chi connectivity index (χ1v) is 5.75. The Labute approximate surface area is 115 Å². The van der Waals surface area contributed by atoms with E-state index in [4.69, 9.17) is 11.6 Å². The summed E-state index contributed by atoms with van der Waals surface area (Å²) in [6.07, 6.45) is -9.29. The van der Waals surface area contributed by atoms with Gasteiger partial charge in [0.15, 0.2) is 0 Å². The van der Waals surface area contributed by atoms with Crippen LogP contribution in [-0.2, 0) is 11.0 Å². The molecule has 112 valence electrons. The zero-order valence-corrected chi connectivity index (χ0v) is 10.8. The molecular weight excluding hydrogens is 310 g/mol. The Hall–Kier alpha value is -1.24. The quantitative estimate of drug-likeness (QED) is 0.580. The van der Waals surface area contributed by atoms with Crippen LogP contribution in [0.2, 0.25) is 0 Å². The second-order valence-electron chi connectivity index (χ2n) is 4.23. The van der Waals surface area contributed by atoms with E-state index in [0.29, 0.717) is 12.1 Å². The van der Waals surface area contributed by atoms with Gasteiger partial charge < -0.3 is 0 Å². The van der Waals surface area contributed by atoms with E-state index in [2.05, 4.69) is 0 Å². The average molecular weight is 319 g/mol. The summed E-state index contributed by atoms with van der Waals surface area (Å²) in [5.74, 6) is -3.83. The maximum Gasteiger partial charge on any atom is 0.416 e. The molecule has 1 aromatic carbocycles. The number of rotatable bonds is 3. The van der Waals surface area contributed by atoms with Crippen molar-refractivity contribution in [2.24, 2.45) is 5.92 Å². The highest BCUT2D eigenvalue weighted by molar-refractivity contribution is 6.64. The minimum absolute atomic E-state index is 0.206. The van der Waals surface area contributed by atoms with Crippen LogP contribution in [0.4, 0.5) is 26.3 Å². The molecule has 1 rings (SSSR count). The number of benzene rings is 1. The first-order valence-electron chi connectivity index (χ1n) is 5.38. The van der Waals surface area contributed by atoms with Crippen molar-refractivity contribution in [3.05, 3.63) is 35.4 Å². The normalized spacial score (nSPS) is 15.8. The molecular formula is C12H9ClF6O. The molecule has 8 heteroatoms. The Balaban J connectivity index is 3.15. The number of hydrogen-bond acceptors (Lipinski definition) is 1. The highest BCUT2D eigenvalue weighted by Crippen LogP contribution is 2.39. The molecule has 0 saturated carbocycles. The zero-order chi connectivity index (χ0) is 15.7. The molecule has 0 saturated heterocycles. The summed E-state index contributed by atoms with van der Waals surface area (Å²) in [5, 5.41) is -1.27. The van der Waals surface area contributed by atoms with E-state index < -0.39 is 35.0 Å². The monoisotopic (exact) mass is 318 g/mol. The standard InChI is InChI=1S/C12H9ClF6O/c1-6(11(14,15)16)9(10(13)20)7-2-4-8(5-3-7)12(17,18)19/h2-6,9H,1H3/t6-,9+/m1/s1. The van der Waals surface area contributed by atoms with E-state index in [1.165, 1.54) is 0 Å². The molecule has 0 bridgehead atoms. The number of halogens is 7. The fourth-order valence-electron chi connectivity index (χ4n) is 1.68. The molecule has 2 atom stereocenters. The summed E-state index contributed by atoms with van der Waals surface area (Å²) in [6, 6.07) is 2.89. The molecule has 0 heterocycles. The van der Waals surface area contributed by atoms with Gasteiger partial charge in [0.05, 0.1) is 17.4 Å². The van der Waals surface area contributed by atoms with Crippen LogP contribution in [0.3, 0.4) is 0 Å². The van der Waals surface area contributed by atoms with Crippen LogP contribution in [0.5, 0.6) is 0 Å². The molecule has 1 aromatic rings. The predicted molar refractivity (Wildman–Crippen MR) is 60.3 cm³/mol. The molecule has 0 N–H and O–H groups in total. The fourth-order valence-corrected chi connectivity index (χ4v) is 2.00. The molecule has 0 radical (unpaired) electrons. The predicted octanol–water partition coefficient (Wildman–Crippen LogP) is 4.75. The minimum Gasteiger partial charge on any atom is -0.281 e. The number of alkyl halides is 6. The van der Waals surface area contributed by atoms with Crippen molar-refractivity contribution < 1.29 is 31.1 Å². The van der Waals surface area contributed by atoms with Gasteiger partial charge in [-0.1, -0.05) is 19.1 Å². The van der Waals surface area contributed by atoms with Gasteiger partial charge in [-0.25, -0.2) is 0 Å². The van der Waals surface area contributed by atoms with Crippen molar-refractivity contribution in [1.82, 2.24) is 0 Å². The van der Waals surface area contributed by atoms with Gasteiger partial charge in [0.2, 0.25) is 5.24 Å². The maximum absolute atomic E-state index is 12.6. The molecule has 1 nitrogen and oxygen atoms in total. The van der Waals surface area contributed by atoms with Crippen LogP contribution in [0.15, 0.2) is 24.3 Å². The second-order valence-corrected chi connectivity index (χ2v) is 4.60. The van der Waals surface area contributed by atoms with Crippen LogP contribution in [-0.4, -0.2) is 11.4 Å². The van der Waals surface area contributed by atoms with Crippen molar-refractivity contribution in [1.29, 1.82) is 0 Å². The van der Waals surface area contributed by atoms with Crippen molar-refractivity contribution >= 4 is 16.8 Å². The van der Waals surface area contributed by atoms with Gasteiger partial charge in [-0.15, -0.1) is 0 Å². The molecule has 0 amide bonds. The van der Waals surface area contributed by atoms with Gasteiger partial charge >= 0.3 is 12.4 Å². The maximum atomic E-state index is 12.6. The fraction of sp³-hybridized carbons (Fsp3) is 0.417. The number of hydrogen-bond donors (Lipinski definition) is 0. The van der Waals surface area contributed by atoms with E-state index >= 15 is 0 Å². The van der Waals surface area contributed by atoms with Crippen LogP contribution in [0, 0.1) is 5.92 Å². The van der Waals surface area contributed by atoms with Gasteiger partial charge in [0.25, 0.3) is 0 Å². The molecule has 20 heavy (non-hydrogen) atoms. The largest absolute Gasteiger partial charge is 0.416 e. The Bertz CT molecular complexity index is 476. The zero-order valence-electron chi connectivity index (χ0n) is 10.0. The lowest BCUT2D eigenvalue weighted by atomic mass is 9.87. The van der Waals surface area contributed by atoms with E-state index in [-0.39, 0.29) is 5.56 Å². The first-order chi connectivity index (χ1) is 8.94. The third-order valence-corrected chi connectivity index (χ3v) is 3.09. The summed E-state index contributed by atoms with van der Waals surface area (Å²) in [7, 11) is 0. The molecule has 0 aliphatic heterocycles. The average Bonchev–Trinajstić information content (AvgIpc) is 2.26. The highest BCUT2D eigenvalue weighted by atomic mass is 35.5. The van der Waals surface area contributed by atoms with Crippen LogP contribution >= 0.6 is 11.6 Å². The lowest BCUT2D eigenvalue weighted by Gasteiger charge is -2.23. The first kappa shape index (κ1) is 16.8. The Morgan fingerprint density at radius 2 is 1.50 bits per heavy atom. The SMILES string of the molecule is C[C@H]([C@H](C(=O)Cl)c1ccc(C(F)(F)F)cc1)C(F)(F)F. The van der Waals surface area contributed by atoms with E-state index in [9.17, 15) is 31.1 Å². The Morgan fingerprint density at radius 1 is 1.05 bits per heavy atom. The molecule has 0 aliphatic carbocycles. The summed E-state index contributed by atoms with van der Waals surface area (Å²) >= 11 is 5.15. The minimum atomic E-state index is -4.68. The van der Waals surface area contributed by atoms with Crippen molar-refractivity contribution in [3.8, 4) is 0 Å². The Morgan fingerprint density at radius 3 is 1.80 bits per heavy atom. The second kappa shape index (κ2) is 5.63. The van der Waals surface area contributed by atoms with Crippen molar-refractivity contribution in [3.63, 3.8) is 0 Å². The van der Waals surface area contributed by atoms with Crippen molar-refractivity contribution in [2.45, 2.75) is 25.2 Å². The molecule has 0 fully saturated rings. The number of carbonyl (C=O) groups excluding carboxylic acids is 1. The van der Waals surface area contributed by atoms with Crippen LogP contribution in [0.25, 0.3) is 0 Å². The summed E-state index contributed by atoms with van der Waals surface area (Å²) in [5.41, 5.74) is -1.22. The van der Waals surface area contributed by atoms with Gasteiger partial charge in [0.1, 0.15) is 0 Å².